The Morgan fingerprint density at radius 1 is 0.893 bits per heavy atom. The lowest BCUT2D eigenvalue weighted by Gasteiger charge is -2.07. The minimum absolute atomic E-state index is 0.191. The summed E-state index contributed by atoms with van der Waals surface area (Å²) in [7, 11) is 0. The monoisotopic (exact) mass is 372 g/mol. The molecule has 6 heteroatoms. The highest BCUT2D eigenvalue weighted by atomic mass is 19.1. The minimum Gasteiger partial charge on any atom is -0.293 e. The first kappa shape index (κ1) is 17.6. The number of carbonyl (C=O) groups excluding carboxylic acids is 1. The minimum atomic E-state index is -0.288. The molecule has 0 bridgehead atoms. The number of hydrogen-bond acceptors (Lipinski definition) is 3. The second kappa shape index (κ2) is 7.84. The predicted molar refractivity (Wildman–Crippen MR) is 106 cm³/mol. The summed E-state index contributed by atoms with van der Waals surface area (Å²) in [6, 6.07) is 23.3. The van der Waals surface area contributed by atoms with Gasteiger partial charge in [0.1, 0.15) is 5.82 Å². The average molecular weight is 372 g/mol. The zero-order chi connectivity index (χ0) is 19.3. The van der Waals surface area contributed by atoms with Crippen molar-refractivity contribution in [2.45, 2.75) is 6.42 Å². The molecule has 0 unspecified atom stereocenters. The third kappa shape index (κ3) is 3.96. The summed E-state index contributed by atoms with van der Waals surface area (Å²) in [6.07, 6.45) is 0.247. The van der Waals surface area contributed by atoms with Crippen molar-refractivity contribution in [3.63, 3.8) is 0 Å². The lowest BCUT2D eigenvalue weighted by atomic mass is 9.99. The molecule has 0 aliphatic rings. The highest BCUT2D eigenvalue weighted by Gasteiger charge is 2.13. The van der Waals surface area contributed by atoms with Crippen LogP contribution in [0.5, 0.6) is 0 Å². The molecule has 1 amide bonds. The predicted octanol–water partition coefficient (Wildman–Crippen LogP) is 4.46. The smallest absolute Gasteiger partial charge is 0.249 e. The van der Waals surface area contributed by atoms with Crippen molar-refractivity contribution in [2.24, 2.45) is 0 Å². The lowest BCUT2D eigenvalue weighted by Crippen LogP contribution is -2.15. The van der Waals surface area contributed by atoms with Crippen molar-refractivity contribution in [1.82, 2.24) is 15.2 Å². The van der Waals surface area contributed by atoms with E-state index in [1.54, 1.807) is 12.1 Å². The number of nitrogens with one attached hydrogen (secondary N) is 2. The van der Waals surface area contributed by atoms with Crippen molar-refractivity contribution < 1.29 is 9.18 Å². The summed E-state index contributed by atoms with van der Waals surface area (Å²) in [4.78, 5) is 16.6. The number of hydrogen-bond donors (Lipinski definition) is 2. The maximum absolute atomic E-state index is 13.2. The van der Waals surface area contributed by atoms with Gasteiger partial charge in [-0.3, -0.25) is 15.2 Å². The number of H-pyrrole nitrogens is 1. The van der Waals surface area contributed by atoms with Crippen LogP contribution in [0.1, 0.15) is 5.56 Å². The molecule has 1 heterocycles. The molecule has 0 saturated carbocycles. The fourth-order valence-corrected chi connectivity index (χ4v) is 2.96. The molecule has 138 valence electrons. The molecular formula is C22H17FN4O. The first-order valence-electron chi connectivity index (χ1n) is 8.80. The Morgan fingerprint density at radius 2 is 1.57 bits per heavy atom. The van der Waals surface area contributed by atoms with Crippen LogP contribution in [0.2, 0.25) is 0 Å². The third-order valence-electron chi connectivity index (χ3n) is 4.28. The van der Waals surface area contributed by atoms with E-state index >= 15 is 0 Å². The van der Waals surface area contributed by atoms with E-state index in [0.29, 0.717) is 5.82 Å². The highest BCUT2D eigenvalue weighted by molar-refractivity contribution is 5.91. The van der Waals surface area contributed by atoms with Crippen molar-refractivity contribution in [3.05, 3.63) is 90.2 Å². The van der Waals surface area contributed by atoms with Crippen LogP contribution in [-0.4, -0.2) is 21.1 Å². The van der Waals surface area contributed by atoms with E-state index in [-0.39, 0.29) is 24.1 Å². The zero-order valence-corrected chi connectivity index (χ0v) is 14.9. The molecule has 2 N–H and O–H groups in total. The molecule has 4 rings (SSSR count). The molecule has 0 saturated heterocycles. The van der Waals surface area contributed by atoms with Gasteiger partial charge in [-0.15, -0.1) is 5.10 Å². The van der Waals surface area contributed by atoms with Crippen LogP contribution in [0.4, 0.5) is 10.3 Å². The van der Waals surface area contributed by atoms with Crippen molar-refractivity contribution in [3.8, 4) is 22.5 Å². The van der Waals surface area contributed by atoms with Gasteiger partial charge in [0.15, 0.2) is 5.82 Å². The summed E-state index contributed by atoms with van der Waals surface area (Å²) in [6.45, 7) is 0. The van der Waals surface area contributed by atoms with Gasteiger partial charge >= 0.3 is 0 Å². The van der Waals surface area contributed by atoms with Gasteiger partial charge in [0, 0.05) is 5.56 Å². The van der Waals surface area contributed by atoms with E-state index in [2.05, 4.69) is 20.5 Å². The van der Waals surface area contributed by atoms with Crippen LogP contribution in [0.15, 0.2) is 78.9 Å². The number of aromatic amines is 1. The van der Waals surface area contributed by atoms with Gasteiger partial charge in [0.05, 0.1) is 6.42 Å². The topological polar surface area (TPSA) is 70.7 Å². The Bertz CT molecular complexity index is 1090. The standard InChI is InChI=1S/C22H17FN4O/c23-17-12-10-16(11-13-17)18-8-4-5-9-19(18)21-25-22(27-26-21)24-20(28)14-15-6-2-1-3-7-15/h1-13H,14H2,(H2,24,25,26,27,28). The molecular weight excluding hydrogens is 355 g/mol. The second-order valence-electron chi connectivity index (χ2n) is 6.27. The first-order valence-corrected chi connectivity index (χ1v) is 8.80. The van der Waals surface area contributed by atoms with Crippen LogP contribution in [0.3, 0.4) is 0 Å². The van der Waals surface area contributed by atoms with Gasteiger partial charge < -0.3 is 0 Å². The van der Waals surface area contributed by atoms with Crippen LogP contribution in [-0.2, 0) is 11.2 Å². The Balaban J connectivity index is 1.55. The SMILES string of the molecule is O=C(Cc1ccccc1)Nc1n[nH]c(-c2ccccc2-c2ccc(F)cc2)n1. The van der Waals surface area contributed by atoms with E-state index in [1.807, 2.05) is 54.6 Å². The van der Waals surface area contributed by atoms with Crippen LogP contribution < -0.4 is 5.32 Å². The number of nitrogens with zero attached hydrogens (tertiary/aromatic N) is 2. The van der Waals surface area contributed by atoms with Crippen LogP contribution >= 0.6 is 0 Å². The summed E-state index contributed by atoms with van der Waals surface area (Å²) < 4.78 is 13.2. The molecule has 0 fully saturated rings. The fraction of sp³-hybridized carbons (Fsp3) is 0.0455. The van der Waals surface area contributed by atoms with Crippen molar-refractivity contribution in [1.29, 1.82) is 0 Å². The summed E-state index contributed by atoms with van der Waals surface area (Å²) >= 11 is 0. The summed E-state index contributed by atoms with van der Waals surface area (Å²) in [5.41, 5.74) is 3.48. The summed E-state index contributed by atoms with van der Waals surface area (Å²) in [5.74, 6) is 0.257. The number of benzene rings is 3. The van der Waals surface area contributed by atoms with Gasteiger partial charge in [0.25, 0.3) is 0 Å². The van der Waals surface area contributed by atoms with E-state index in [9.17, 15) is 9.18 Å². The Hall–Kier alpha value is -3.80. The molecule has 0 aliphatic heterocycles. The molecule has 0 aliphatic carbocycles. The van der Waals surface area contributed by atoms with Crippen molar-refractivity contribution in [2.75, 3.05) is 5.32 Å². The zero-order valence-electron chi connectivity index (χ0n) is 14.9. The van der Waals surface area contributed by atoms with Crippen molar-refractivity contribution >= 4 is 11.9 Å². The maximum Gasteiger partial charge on any atom is 0.249 e. The molecule has 3 aromatic carbocycles. The quantitative estimate of drug-likeness (QED) is 0.543. The fourth-order valence-electron chi connectivity index (χ4n) is 2.96. The Kier molecular flexibility index (Phi) is 4.93. The van der Waals surface area contributed by atoms with E-state index < -0.39 is 0 Å². The second-order valence-corrected chi connectivity index (χ2v) is 6.27. The highest BCUT2D eigenvalue weighted by Crippen LogP contribution is 2.30. The molecule has 5 nitrogen and oxygen atoms in total. The van der Waals surface area contributed by atoms with Gasteiger partial charge in [0.2, 0.25) is 11.9 Å². The third-order valence-corrected chi connectivity index (χ3v) is 4.28. The molecule has 4 aromatic rings. The van der Waals surface area contributed by atoms with E-state index in [4.69, 9.17) is 0 Å². The normalized spacial score (nSPS) is 10.6. The number of carbonyl (C=O) groups is 1. The number of anilines is 1. The average Bonchev–Trinajstić information content (AvgIpc) is 3.17. The lowest BCUT2D eigenvalue weighted by molar-refractivity contribution is -0.115. The largest absolute Gasteiger partial charge is 0.293 e. The number of rotatable bonds is 5. The van der Waals surface area contributed by atoms with Crippen LogP contribution in [0, 0.1) is 5.82 Å². The molecule has 0 radical (unpaired) electrons. The van der Waals surface area contributed by atoms with Gasteiger partial charge in [-0.1, -0.05) is 66.7 Å². The maximum atomic E-state index is 13.2. The first-order chi connectivity index (χ1) is 13.7. The van der Waals surface area contributed by atoms with Gasteiger partial charge in [-0.2, -0.15) is 4.98 Å². The van der Waals surface area contributed by atoms with Gasteiger partial charge in [-0.25, -0.2) is 4.39 Å². The number of halogens is 1. The van der Waals surface area contributed by atoms with E-state index in [1.165, 1.54) is 12.1 Å². The number of aromatic nitrogens is 3. The Labute approximate surface area is 161 Å². The van der Waals surface area contributed by atoms with Gasteiger partial charge in [-0.05, 0) is 28.8 Å². The number of amides is 1. The van der Waals surface area contributed by atoms with E-state index in [0.717, 1.165) is 22.3 Å². The van der Waals surface area contributed by atoms with Crippen LogP contribution in [0.25, 0.3) is 22.5 Å². The summed E-state index contributed by atoms with van der Waals surface area (Å²) in [5, 5.41) is 9.66. The molecule has 0 spiro atoms. The molecule has 28 heavy (non-hydrogen) atoms. The molecule has 1 aromatic heterocycles. The Morgan fingerprint density at radius 3 is 2.32 bits per heavy atom. The molecule has 0 atom stereocenters.